The highest BCUT2D eigenvalue weighted by Gasteiger charge is 2.17. The van der Waals surface area contributed by atoms with Gasteiger partial charge in [-0.25, -0.2) is 13.2 Å². The van der Waals surface area contributed by atoms with Crippen LogP contribution in [0.15, 0.2) is 66.7 Å². The monoisotopic (exact) mass is 500 g/mol. The minimum atomic E-state index is -3.34. The predicted octanol–water partition coefficient (Wildman–Crippen LogP) is 7.89. The third kappa shape index (κ3) is 6.02. The van der Waals surface area contributed by atoms with E-state index in [0.717, 1.165) is 48.1 Å². The van der Waals surface area contributed by atoms with Crippen LogP contribution in [-0.4, -0.2) is 20.3 Å². The maximum absolute atomic E-state index is 15.2. The SMILES string of the molecule is COCCCc1ccc(-c2ccc3c(F)c(CCc4cc(F)c(OC(F)F)c(F)c4)ccc3c2)cc1. The molecule has 0 aliphatic carbocycles. The first-order valence-corrected chi connectivity index (χ1v) is 11.6. The van der Waals surface area contributed by atoms with Gasteiger partial charge in [0.1, 0.15) is 5.82 Å². The van der Waals surface area contributed by atoms with Crippen molar-refractivity contribution in [1.29, 1.82) is 0 Å². The number of fused-ring (bicyclic) bond motifs is 1. The summed E-state index contributed by atoms with van der Waals surface area (Å²) in [7, 11) is 1.69. The van der Waals surface area contributed by atoms with Crippen LogP contribution < -0.4 is 4.74 Å². The molecule has 0 aliphatic rings. The zero-order valence-electron chi connectivity index (χ0n) is 19.7. The lowest BCUT2D eigenvalue weighted by molar-refractivity contribution is -0.0546. The molecule has 4 rings (SSSR count). The van der Waals surface area contributed by atoms with Crippen LogP contribution in [0.2, 0.25) is 0 Å². The molecule has 0 aliphatic heterocycles. The Morgan fingerprint density at radius 1 is 0.722 bits per heavy atom. The molecule has 4 aromatic carbocycles. The van der Waals surface area contributed by atoms with Crippen molar-refractivity contribution in [3.63, 3.8) is 0 Å². The summed E-state index contributed by atoms with van der Waals surface area (Å²) >= 11 is 0. The lowest BCUT2D eigenvalue weighted by atomic mass is 9.96. The first-order valence-electron chi connectivity index (χ1n) is 11.6. The van der Waals surface area contributed by atoms with Gasteiger partial charge in [-0.1, -0.05) is 48.5 Å². The van der Waals surface area contributed by atoms with E-state index in [1.54, 1.807) is 19.2 Å². The van der Waals surface area contributed by atoms with Gasteiger partial charge in [-0.3, -0.25) is 0 Å². The molecule has 0 N–H and O–H groups in total. The van der Waals surface area contributed by atoms with Crippen LogP contribution in [0.25, 0.3) is 21.9 Å². The molecule has 0 atom stereocenters. The van der Waals surface area contributed by atoms with Crippen molar-refractivity contribution in [1.82, 2.24) is 0 Å². The van der Waals surface area contributed by atoms with Crippen LogP contribution in [0, 0.1) is 17.5 Å². The summed E-state index contributed by atoms with van der Waals surface area (Å²) < 4.78 is 76.8. The van der Waals surface area contributed by atoms with E-state index in [9.17, 15) is 17.6 Å². The Kier molecular flexibility index (Phi) is 8.21. The Bertz CT molecular complexity index is 1310. The van der Waals surface area contributed by atoms with E-state index in [1.165, 1.54) is 5.56 Å². The Balaban J connectivity index is 1.49. The number of benzene rings is 4. The van der Waals surface area contributed by atoms with Gasteiger partial charge in [-0.15, -0.1) is 0 Å². The van der Waals surface area contributed by atoms with Gasteiger partial charge in [-0.05, 0) is 77.1 Å². The molecule has 4 aromatic rings. The van der Waals surface area contributed by atoms with Crippen molar-refractivity contribution < 1.29 is 31.4 Å². The minimum Gasteiger partial charge on any atom is -0.429 e. The molecule has 188 valence electrons. The fourth-order valence-electron chi connectivity index (χ4n) is 4.23. The number of ether oxygens (including phenoxy) is 2. The smallest absolute Gasteiger partial charge is 0.387 e. The van der Waals surface area contributed by atoms with E-state index in [2.05, 4.69) is 16.9 Å². The van der Waals surface area contributed by atoms with Crippen molar-refractivity contribution in [3.05, 3.63) is 101 Å². The van der Waals surface area contributed by atoms with Crippen LogP contribution in [0.5, 0.6) is 5.75 Å². The summed E-state index contributed by atoms with van der Waals surface area (Å²) in [6, 6.07) is 19.1. The fraction of sp³-hybridized carbons (Fsp3) is 0.241. The Hall–Kier alpha value is -3.45. The lowest BCUT2D eigenvalue weighted by Gasteiger charge is -2.11. The lowest BCUT2D eigenvalue weighted by Crippen LogP contribution is -2.06. The summed E-state index contributed by atoms with van der Waals surface area (Å²) in [6.45, 7) is -2.62. The normalized spacial score (nSPS) is 11.4. The molecule has 0 unspecified atom stereocenters. The molecule has 2 nitrogen and oxygen atoms in total. The van der Waals surface area contributed by atoms with Crippen LogP contribution in [-0.2, 0) is 24.0 Å². The van der Waals surface area contributed by atoms with Gasteiger partial charge in [0.2, 0.25) is 0 Å². The van der Waals surface area contributed by atoms with E-state index in [4.69, 9.17) is 4.74 Å². The van der Waals surface area contributed by atoms with Gasteiger partial charge in [0.25, 0.3) is 0 Å². The quantitative estimate of drug-likeness (QED) is 0.163. The summed E-state index contributed by atoms with van der Waals surface area (Å²) in [5.74, 6) is -3.96. The average molecular weight is 501 g/mol. The summed E-state index contributed by atoms with van der Waals surface area (Å²) in [6.07, 6.45) is 2.20. The highest BCUT2D eigenvalue weighted by Crippen LogP contribution is 2.29. The maximum atomic E-state index is 15.2. The highest BCUT2D eigenvalue weighted by atomic mass is 19.3. The number of methoxy groups -OCH3 is 1. The second kappa shape index (κ2) is 11.5. The molecule has 0 radical (unpaired) electrons. The first kappa shape index (κ1) is 25.6. The Labute approximate surface area is 206 Å². The zero-order chi connectivity index (χ0) is 25.7. The largest absolute Gasteiger partial charge is 0.429 e. The Morgan fingerprint density at radius 2 is 1.42 bits per heavy atom. The van der Waals surface area contributed by atoms with E-state index in [0.29, 0.717) is 10.9 Å². The van der Waals surface area contributed by atoms with Gasteiger partial charge < -0.3 is 9.47 Å². The molecular formula is C29H25F5O2. The molecule has 0 saturated heterocycles. The predicted molar refractivity (Wildman–Crippen MR) is 130 cm³/mol. The molecule has 0 fully saturated rings. The number of alkyl halides is 2. The molecule has 36 heavy (non-hydrogen) atoms. The Morgan fingerprint density at radius 3 is 2.08 bits per heavy atom. The van der Waals surface area contributed by atoms with Gasteiger partial charge in [0.05, 0.1) is 0 Å². The number of hydrogen-bond acceptors (Lipinski definition) is 2. The number of halogens is 5. The minimum absolute atomic E-state index is 0.125. The second-order valence-electron chi connectivity index (χ2n) is 8.53. The van der Waals surface area contributed by atoms with E-state index in [1.807, 2.05) is 30.3 Å². The van der Waals surface area contributed by atoms with Crippen molar-refractivity contribution in [3.8, 4) is 16.9 Å². The van der Waals surface area contributed by atoms with E-state index >= 15 is 4.39 Å². The standard InChI is InChI=1S/C29H25F5O2/c1-35-14-2-3-18-4-7-20(8-5-18)22-12-13-24-23(17-22)11-10-21(27(24)32)9-6-19-15-25(30)28(26(31)16-19)36-29(33)34/h4-5,7-8,10-13,15-17,29H,2-3,6,9,14H2,1H3. The number of rotatable bonds is 10. The second-order valence-corrected chi connectivity index (χ2v) is 8.53. The topological polar surface area (TPSA) is 18.5 Å². The molecule has 0 saturated carbocycles. The third-order valence-electron chi connectivity index (χ3n) is 6.08. The number of aryl methyl sites for hydroxylation is 3. The van der Waals surface area contributed by atoms with Gasteiger partial charge in [-0.2, -0.15) is 8.78 Å². The first-order chi connectivity index (χ1) is 17.4. The highest BCUT2D eigenvalue weighted by molar-refractivity contribution is 5.88. The summed E-state index contributed by atoms with van der Waals surface area (Å²) in [5, 5.41) is 1.19. The van der Waals surface area contributed by atoms with Gasteiger partial charge in [0.15, 0.2) is 17.4 Å². The molecular weight excluding hydrogens is 475 g/mol. The summed E-state index contributed by atoms with van der Waals surface area (Å²) in [5.41, 5.74) is 3.83. The van der Waals surface area contributed by atoms with E-state index in [-0.39, 0.29) is 18.4 Å². The van der Waals surface area contributed by atoms with Crippen molar-refractivity contribution in [2.75, 3.05) is 13.7 Å². The van der Waals surface area contributed by atoms with Crippen LogP contribution in [0.3, 0.4) is 0 Å². The molecule has 0 bridgehead atoms. The van der Waals surface area contributed by atoms with Crippen LogP contribution in [0.1, 0.15) is 23.1 Å². The fourth-order valence-corrected chi connectivity index (χ4v) is 4.23. The van der Waals surface area contributed by atoms with Crippen molar-refractivity contribution in [2.45, 2.75) is 32.3 Å². The van der Waals surface area contributed by atoms with Crippen molar-refractivity contribution >= 4 is 10.8 Å². The molecule has 0 amide bonds. The number of hydrogen-bond donors (Lipinski definition) is 0. The van der Waals surface area contributed by atoms with Gasteiger partial charge in [0, 0.05) is 19.1 Å². The average Bonchev–Trinajstić information content (AvgIpc) is 2.86. The van der Waals surface area contributed by atoms with Crippen LogP contribution in [0.4, 0.5) is 22.0 Å². The van der Waals surface area contributed by atoms with Crippen molar-refractivity contribution in [2.24, 2.45) is 0 Å². The molecule has 7 heteroatoms. The maximum Gasteiger partial charge on any atom is 0.387 e. The molecule has 0 spiro atoms. The summed E-state index contributed by atoms with van der Waals surface area (Å²) in [4.78, 5) is 0. The van der Waals surface area contributed by atoms with Crippen LogP contribution >= 0.6 is 0 Å². The zero-order valence-corrected chi connectivity index (χ0v) is 19.7. The third-order valence-corrected chi connectivity index (χ3v) is 6.08. The molecule has 0 aromatic heterocycles. The van der Waals surface area contributed by atoms with E-state index < -0.39 is 29.8 Å². The molecule has 0 heterocycles. The van der Waals surface area contributed by atoms with Gasteiger partial charge >= 0.3 is 6.61 Å².